The van der Waals surface area contributed by atoms with Gasteiger partial charge in [-0.1, -0.05) is 11.6 Å². The van der Waals surface area contributed by atoms with Crippen LogP contribution in [0.4, 0.5) is 0 Å². The van der Waals surface area contributed by atoms with Gasteiger partial charge in [-0.15, -0.1) is 0 Å². The molecule has 9 heteroatoms. The molecule has 4 rings (SSSR count). The number of nitrogens with zero attached hydrogens (tertiary/aromatic N) is 3. The lowest BCUT2D eigenvalue weighted by Crippen LogP contribution is -2.23. The Hall–Kier alpha value is -3.23. The Morgan fingerprint density at radius 2 is 1.77 bits per heavy atom. The van der Waals surface area contributed by atoms with Crippen LogP contribution in [0.5, 0.6) is 5.75 Å². The highest BCUT2D eigenvalue weighted by Crippen LogP contribution is 2.25. The number of halogens is 1. The number of methoxy groups -OCH3 is 1. The average molecular weight is 442 g/mol. The molecule has 152 valence electrons. The Kier molecular flexibility index (Phi) is 5.27. The van der Waals surface area contributed by atoms with E-state index in [-0.39, 0.29) is 21.9 Å². The minimum atomic E-state index is -3.75. The van der Waals surface area contributed by atoms with Gasteiger partial charge in [-0.05, 0) is 60.2 Å². The van der Waals surface area contributed by atoms with Crippen LogP contribution in [-0.4, -0.2) is 30.3 Å². The summed E-state index contributed by atoms with van der Waals surface area (Å²) < 4.78 is 32.2. The number of rotatable bonds is 5. The van der Waals surface area contributed by atoms with Crippen molar-refractivity contribution in [1.29, 1.82) is 0 Å². The number of pyridine rings is 1. The maximum atomic E-state index is 12.9. The molecule has 0 unspecified atom stereocenters. The van der Waals surface area contributed by atoms with Gasteiger partial charge < -0.3 is 4.74 Å². The lowest BCUT2D eigenvalue weighted by Gasteiger charge is -2.09. The number of fused-ring (bicyclic) bond motifs is 1. The fourth-order valence-corrected chi connectivity index (χ4v) is 4.54. The summed E-state index contributed by atoms with van der Waals surface area (Å²) in [6, 6.07) is 13.9. The number of benzene rings is 2. The zero-order valence-corrected chi connectivity index (χ0v) is 17.4. The molecule has 7 nitrogen and oxygen atoms in total. The Labute approximate surface area is 177 Å². The van der Waals surface area contributed by atoms with Gasteiger partial charge in [0, 0.05) is 11.6 Å². The second kappa shape index (κ2) is 7.89. The highest BCUT2D eigenvalue weighted by Gasteiger charge is 2.19. The molecule has 0 aliphatic rings. The van der Waals surface area contributed by atoms with Gasteiger partial charge >= 0.3 is 0 Å². The van der Waals surface area contributed by atoms with Gasteiger partial charge in [-0.25, -0.2) is 18.1 Å². The van der Waals surface area contributed by atoms with Crippen molar-refractivity contribution in [2.45, 2.75) is 16.3 Å². The summed E-state index contributed by atoms with van der Waals surface area (Å²) in [6.07, 6.45) is 3.03. The predicted octanol–water partition coefficient (Wildman–Crippen LogP) is 3.33. The molecule has 0 saturated carbocycles. The first-order valence-corrected chi connectivity index (χ1v) is 10.7. The molecule has 0 fully saturated rings. The number of sulfone groups is 1. The topological polar surface area (TPSA) is 91.2 Å². The molecule has 4 aromatic rings. The second-order valence-corrected chi connectivity index (χ2v) is 8.86. The van der Waals surface area contributed by atoms with Crippen LogP contribution in [0.1, 0.15) is 5.56 Å². The van der Waals surface area contributed by atoms with Gasteiger partial charge in [-0.2, -0.15) is 5.10 Å². The lowest BCUT2D eigenvalue weighted by molar-refractivity contribution is 0.414. The second-order valence-electron chi connectivity index (χ2n) is 6.52. The third kappa shape index (κ3) is 3.79. The molecule has 0 N–H and O–H groups in total. The monoisotopic (exact) mass is 441 g/mol. The van der Waals surface area contributed by atoms with E-state index >= 15 is 0 Å². The van der Waals surface area contributed by atoms with E-state index in [1.54, 1.807) is 30.5 Å². The van der Waals surface area contributed by atoms with Crippen LogP contribution in [0.2, 0.25) is 5.15 Å². The van der Waals surface area contributed by atoms with Gasteiger partial charge in [0.2, 0.25) is 9.84 Å². The highest BCUT2D eigenvalue weighted by molar-refractivity contribution is 7.91. The normalized spacial score (nSPS) is 11.5. The molecule has 0 aliphatic heterocycles. The zero-order valence-electron chi connectivity index (χ0n) is 15.8. The van der Waals surface area contributed by atoms with Crippen LogP contribution in [0.15, 0.2) is 81.6 Å². The van der Waals surface area contributed by atoms with Crippen molar-refractivity contribution >= 4 is 32.2 Å². The summed E-state index contributed by atoms with van der Waals surface area (Å²) in [5, 5.41) is 5.32. The molecule has 30 heavy (non-hydrogen) atoms. The lowest BCUT2D eigenvalue weighted by atomic mass is 10.2. The Bertz CT molecular complexity index is 1400. The van der Waals surface area contributed by atoms with Gasteiger partial charge in [0.15, 0.2) is 0 Å². The summed E-state index contributed by atoms with van der Waals surface area (Å²) in [7, 11) is -2.24. The molecule has 0 bridgehead atoms. The standard InChI is InChI=1S/C21H16ClN3O4S/c1-29-16-2-4-17(5-3-16)30(27,28)18-6-7-19-15(11-18)12-24-25(21(19)26)13-14-8-9-23-20(22)10-14/h2-12H,13H2,1H3. The summed E-state index contributed by atoms with van der Waals surface area (Å²) >= 11 is 5.89. The van der Waals surface area contributed by atoms with Crippen molar-refractivity contribution in [1.82, 2.24) is 14.8 Å². The van der Waals surface area contributed by atoms with E-state index < -0.39 is 9.84 Å². The first-order chi connectivity index (χ1) is 14.4. The van der Waals surface area contributed by atoms with Crippen molar-refractivity contribution in [3.05, 3.63) is 88.1 Å². The minimum Gasteiger partial charge on any atom is -0.497 e. The van der Waals surface area contributed by atoms with Crippen molar-refractivity contribution in [2.24, 2.45) is 0 Å². The van der Waals surface area contributed by atoms with E-state index in [0.717, 1.165) is 5.56 Å². The third-order valence-electron chi connectivity index (χ3n) is 4.63. The molecular weight excluding hydrogens is 426 g/mol. The Morgan fingerprint density at radius 3 is 2.47 bits per heavy atom. The van der Waals surface area contributed by atoms with Crippen molar-refractivity contribution < 1.29 is 13.2 Å². The molecule has 0 aliphatic carbocycles. The van der Waals surface area contributed by atoms with Crippen LogP contribution in [0.3, 0.4) is 0 Å². The summed E-state index contributed by atoms with van der Waals surface area (Å²) in [5.74, 6) is 0.563. The van der Waals surface area contributed by atoms with E-state index in [1.165, 1.54) is 48.3 Å². The molecule has 0 atom stereocenters. The van der Waals surface area contributed by atoms with Crippen LogP contribution < -0.4 is 10.3 Å². The average Bonchev–Trinajstić information content (AvgIpc) is 2.75. The molecule has 0 spiro atoms. The first-order valence-electron chi connectivity index (χ1n) is 8.88. The molecule has 2 heterocycles. The van der Waals surface area contributed by atoms with Gasteiger partial charge in [0.25, 0.3) is 5.56 Å². The van der Waals surface area contributed by atoms with Crippen molar-refractivity contribution in [3.63, 3.8) is 0 Å². The maximum absolute atomic E-state index is 12.9. The largest absolute Gasteiger partial charge is 0.497 e. The molecule has 2 aromatic carbocycles. The molecule has 0 saturated heterocycles. The van der Waals surface area contributed by atoms with E-state index in [4.69, 9.17) is 16.3 Å². The number of hydrogen-bond donors (Lipinski definition) is 0. The maximum Gasteiger partial charge on any atom is 0.274 e. The van der Waals surface area contributed by atoms with Crippen molar-refractivity contribution in [2.75, 3.05) is 7.11 Å². The van der Waals surface area contributed by atoms with E-state index in [0.29, 0.717) is 21.7 Å². The summed E-state index contributed by atoms with van der Waals surface area (Å²) in [5.41, 5.74) is 0.455. The van der Waals surface area contributed by atoms with E-state index in [9.17, 15) is 13.2 Å². The minimum absolute atomic E-state index is 0.0834. The van der Waals surface area contributed by atoms with Gasteiger partial charge in [0.05, 0.1) is 35.0 Å². The van der Waals surface area contributed by atoms with Crippen molar-refractivity contribution in [3.8, 4) is 5.75 Å². The zero-order chi connectivity index (χ0) is 21.3. The highest BCUT2D eigenvalue weighted by atomic mass is 35.5. The van der Waals surface area contributed by atoms with Crippen LogP contribution in [0, 0.1) is 0 Å². The predicted molar refractivity (Wildman–Crippen MR) is 113 cm³/mol. The quantitative estimate of drug-likeness (QED) is 0.441. The summed E-state index contributed by atoms with van der Waals surface area (Å²) in [4.78, 5) is 16.9. The van der Waals surface area contributed by atoms with Crippen LogP contribution in [0.25, 0.3) is 10.8 Å². The number of hydrogen-bond acceptors (Lipinski definition) is 6. The van der Waals surface area contributed by atoms with Gasteiger partial charge in [0.1, 0.15) is 10.9 Å². The summed E-state index contributed by atoms with van der Waals surface area (Å²) in [6.45, 7) is 0.225. The fourth-order valence-electron chi connectivity index (χ4n) is 3.05. The molecule has 0 amide bonds. The number of ether oxygens (including phenoxy) is 1. The molecular formula is C21H16ClN3O4S. The van der Waals surface area contributed by atoms with Crippen LogP contribution in [-0.2, 0) is 16.4 Å². The van der Waals surface area contributed by atoms with Crippen LogP contribution >= 0.6 is 11.6 Å². The smallest absolute Gasteiger partial charge is 0.274 e. The van der Waals surface area contributed by atoms with Gasteiger partial charge in [-0.3, -0.25) is 4.79 Å². The molecule has 2 aromatic heterocycles. The first kappa shape index (κ1) is 20.1. The third-order valence-corrected chi connectivity index (χ3v) is 6.60. The van der Waals surface area contributed by atoms with E-state index in [2.05, 4.69) is 10.1 Å². The fraction of sp³-hybridized carbons (Fsp3) is 0.0952. The molecule has 0 radical (unpaired) electrons. The SMILES string of the molecule is COc1ccc(S(=O)(=O)c2ccc3c(=O)n(Cc4ccnc(Cl)c4)ncc3c2)cc1. The Balaban J connectivity index is 1.72. The number of aromatic nitrogens is 3. The van der Waals surface area contributed by atoms with E-state index in [1.807, 2.05) is 0 Å². The Morgan fingerprint density at radius 1 is 1.03 bits per heavy atom.